The molecule has 0 saturated heterocycles. The fraction of sp³-hybridized carbons (Fsp3) is 0.238. The number of carbonyl (C=O) groups is 1. The number of amides is 1. The molecule has 0 saturated carbocycles. The molecule has 0 aliphatic rings. The van der Waals surface area contributed by atoms with Crippen molar-refractivity contribution in [2.24, 2.45) is 0 Å². The lowest BCUT2D eigenvalue weighted by atomic mass is 10.2. The highest BCUT2D eigenvalue weighted by atomic mass is 79.9. The Bertz CT molecular complexity index is 1300. The van der Waals surface area contributed by atoms with Gasteiger partial charge in [0.1, 0.15) is 26.7 Å². The molecule has 0 spiro atoms. The van der Waals surface area contributed by atoms with Gasteiger partial charge in [0.05, 0.1) is 42.0 Å². The Hall–Kier alpha value is -2.60. The summed E-state index contributed by atoms with van der Waals surface area (Å²) in [5.74, 6) is 0.824. The number of imidazole rings is 1. The minimum Gasteiger partial charge on any atom is -0.494 e. The SMILES string of the molecule is COc1c(Cl)c(NC(=O)c2csc3c(NCCCn4ccnc4)ncnc23)c(Cl)c(OC)c1Br. The maximum atomic E-state index is 13.2. The van der Waals surface area contributed by atoms with Crippen molar-refractivity contribution in [3.63, 3.8) is 0 Å². The maximum absolute atomic E-state index is 13.2. The molecule has 0 aliphatic carbocycles. The summed E-state index contributed by atoms with van der Waals surface area (Å²) in [4.78, 5) is 25.9. The van der Waals surface area contributed by atoms with Crippen LogP contribution in [0.3, 0.4) is 0 Å². The monoisotopic (exact) mass is 584 g/mol. The minimum atomic E-state index is -0.425. The zero-order valence-corrected chi connectivity index (χ0v) is 22.0. The van der Waals surface area contributed by atoms with Gasteiger partial charge in [-0.25, -0.2) is 15.0 Å². The van der Waals surface area contributed by atoms with Gasteiger partial charge >= 0.3 is 0 Å². The number of thiophene rings is 1. The normalized spacial score (nSPS) is 11.0. The van der Waals surface area contributed by atoms with Gasteiger partial charge in [0.15, 0.2) is 11.5 Å². The Kier molecular flexibility index (Phi) is 7.77. The van der Waals surface area contributed by atoms with Crippen molar-refractivity contribution in [1.82, 2.24) is 19.5 Å². The summed E-state index contributed by atoms with van der Waals surface area (Å²) in [6.45, 7) is 1.54. The summed E-state index contributed by atoms with van der Waals surface area (Å²) in [7, 11) is 2.91. The van der Waals surface area contributed by atoms with Gasteiger partial charge < -0.3 is 24.7 Å². The van der Waals surface area contributed by atoms with Gasteiger partial charge in [0, 0.05) is 30.9 Å². The van der Waals surface area contributed by atoms with Crippen LogP contribution in [0.1, 0.15) is 16.8 Å². The molecule has 3 aromatic heterocycles. The van der Waals surface area contributed by atoms with Crippen LogP contribution in [0.4, 0.5) is 11.5 Å². The third kappa shape index (κ3) is 4.78. The van der Waals surface area contributed by atoms with Crippen LogP contribution in [0.5, 0.6) is 11.5 Å². The lowest BCUT2D eigenvalue weighted by Gasteiger charge is -2.17. The van der Waals surface area contributed by atoms with Gasteiger partial charge in [-0.1, -0.05) is 23.2 Å². The van der Waals surface area contributed by atoms with Crippen molar-refractivity contribution in [2.75, 3.05) is 31.4 Å². The molecule has 34 heavy (non-hydrogen) atoms. The number of halogens is 3. The Morgan fingerprint density at radius 2 is 1.94 bits per heavy atom. The van der Waals surface area contributed by atoms with Gasteiger partial charge in [-0.2, -0.15) is 0 Å². The molecule has 2 N–H and O–H groups in total. The van der Waals surface area contributed by atoms with Crippen LogP contribution in [0.15, 0.2) is 34.9 Å². The first kappa shape index (κ1) is 24.5. The first-order valence-corrected chi connectivity index (χ1v) is 12.4. The second-order valence-electron chi connectivity index (χ2n) is 6.97. The van der Waals surface area contributed by atoms with Crippen LogP contribution in [0.2, 0.25) is 10.0 Å². The molecule has 1 amide bonds. The molecular weight excluding hydrogens is 567 g/mol. The predicted octanol–water partition coefficient (Wildman–Crippen LogP) is 5.73. The number of carbonyl (C=O) groups excluding carboxylic acids is 1. The lowest BCUT2D eigenvalue weighted by molar-refractivity contribution is 0.102. The van der Waals surface area contributed by atoms with Crippen molar-refractivity contribution in [2.45, 2.75) is 13.0 Å². The molecule has 1 aromatic carbocycles. The molecule has 0 radical (unpaired) electrons. The van der Waals surface area contributed by atoms with Gasteiger partial charge in [-0.3, -0.25) is 4.79 Å². The van der Waals surface area contributed by atoms with Crippen LogP contribution in [-0.4, -0.2) is 46.2 Å². The van der Waals surface area contributed by atoms with Crippen molar-refractivity contribution >= 4 is 78.1 Å². The minimum absolute atomic E-state index is 0.142. The Morgan fingerprint density at radius 1 is 1.21 bits per heavy atom. The first-order chi connectivity index (χ1) is 16.5. The highest BCUT2D eigenvalue weighted by Gasteiger charge is 2.25. The van der Waals surface area contributed by atoms with Gasteiger partial charge in [-0.15, -0.1) is 11.3 Å². The van der Waals surface area contributed by atoms with E-state index >= 15 is 0 Å². The molecule has 0 atom stereocenters. The summed E-state index contributed by atoms with van der Waals surface area (Å²) in [5, 5.41) is 8.10. The second kappa shape index (κ2) is 10.8. The molecule has 4 aromatic rings. The van der Waals surface area contributed by atoms with Gasteiger partial charge in [0.2, 0.25) is 0 Å². The molecule has 3 heterocycles. The topological polar surface area (TPSA) is 103 Å². The number of aromatic nitrogens is 4. The fourth-order valence-electron chi connectivity index (χ4n) is 3.29. The van der Waals surface area contributed by atoms with E-state index in [9.17, 15) is 4.79 Å². The fourth-order valence-corrected chi connectivity index (χ4v) is 5.88. The molecular formula is C21H19BrCl2N6O3S. The van der Waals surface area contributed by atoms with E-state index in [4.69, 9.17) is 32.7 Å². The van der Waals surface area contributed by atoms with Crippen molar-refractivity contribution in [1.29, 1.82) is 0 Å². The van der Waals surface area contributed by atoms with Crippen molar-refractivity contribution < 1.29 is 14.3 Å². The third-order valence-electron chi connectivity index (χ3n) is 4.93. The summed E-state index contributed by atoms with van der Waals surface area (Å²) < 4.78 is 13.9. The lowest BCUT2D eigenvalue weighted by Crippen LogP contribution is -2.13. The number of aryl methyl sites for hydroxylation is 1. The maximum Gasteiger partial charge on any atom is 0.258 e. The quantitative estimate of drug-likeness (QED) is 0.242. The van der Waals surface area contributed by atoms with Gasteiger partial charge in [-0.05, 0) is 22.4 Å². The number of fused-ring (bicyclic) bond motifs is 1. The first-order valence-electron chi connectivity index (χ1n) is 9.97. The number of rotatable bonds is 9. The van der Waals surface area contributed by atoms with Crippen molar-refractivity contribution in [3.05, 3.63) is 50.5 Å². The predicted molar refractivity (Wildman–Crippen MR) is 138 cm³/mol. The zero-order chi connectivity index (χ0) is 24.2. The molecule has 13 heteroatoms. The van der Waals surface area contributed by atoms with Crippen LogP contribution in [0.25, 0.3) is 10.2 Å². The molecule has 0 unspecified atom stereocenters. The zero-order valence-electron chi connectivity index (χ0n) is 18.1. The summed E-state index contributed by atoms with van der Waals surface area (Å²) in [6.07, 6.45) is 7.76. The number of hydrogen-bond donors (Lipinski definition) is 2. The smallest absolute Gasteiger partial charge is 0.258 e. The highest BCUT2D eigenvalue weighted by Crippen LogP contribution is 2.50. The number of methoxy groups -OCH3 is 2. The molecule has 9 nitrogen and oxygen atoms in total. The molecule has 0 bridgehead atoms. The number of benzene rings is 1. The van der Waals surface area contributed by atoms with Crippen LogP contribution in [0, 0.1) is 0 Å². The summed E-state index contributed by atoms with van der Waals surface area (Å²) in [5.41, 5.74) is 1.08. The third-order valence-corrected chi connectivity index (χ3v) is 7.34. The van der Waals surface area contributed by atoms with Gasteiger partial charge in [0.25, 0.3) is 5.91 Å². The van der Waals surface area contributed by atoms with Crippen LogP contribution >= 0.6 is 50.5 Å². The van der Waals surface area contributed by atoms with E-state index in [0.29, 0.717) is 27.9 Å². The highest BCUT2D eigenvalue weighted by molar-refractivity contribution is 9.10. The van der Waals surface area contributed by atoms with Crippen LogP contribution in [-0.2, 0) is 6.54 Å². The Morgan fingerprint density at radius 3 is 2.59 bits per heavy atom. The molecule has 0 fully saturated rings. The van der Waals surface area contributed by atoms with E-state index in [1.54, 1.807) is 17.9 Å². The average molecular weight is 586 g/mol. The van der Waals surface area contributed by atoms with Crippen molar-refractivity contribution in [3.8, 4) is 11.5 Å². The largest absolute Gasteiger partial charge is 0.494 e. The summed E-state index contributed by atoms with van der Waals surface area (Å²) in [6, 6.07) is 0. The van der Waals surface area contributed by atoms with E-state index in [0.717, 1.165) is 17.7 Å². The summed E-state index contributed by atoms with van der Waals surface area (Å²) >= 11 is 17.7. The molecule has 0 aliphatic heterocycles. The number of hydrogen-bond acceptors (Lipinski definition) is 8. The molecule has 4 rings (SSSR count). The van der Waals surface area contributed by atoms with E-state index in [2.05, 4.69) is 41.5 Å². The van der Waals surface area contributed by atoms with E-state index in [1.807, 2.05) is 10.8 Å². The Labute approximate surface area is 217 Å². The number of nitrogens with one attached hydrogen (secondary N) is 2. The Balaban J connectivity index is 1.55. The molecule has 178 valence electrons. The second-order valence-corrected chi connectivity index (χ2v) is 9.40. The van der Waals surface area contributed by atoms with E-state index < -0.39 is 5.91 Å². The van der Waals surface area contributed by atoms with E-state index in [-0.39, 0.29) is 27.2 Å². The van der Waals surface area contributed by atoms with E-state index in [1.165, 1.54) is 31.9 Å². The number of anilines is 2. The standard InChI is InChI=1S/C21H19BrCl2N6O3S/c1-32-17-12(22)18(33-2)14(24)16(13(17)23)29-21(31)11-8-34-19-15(11)27-9-28-20(19)26-4-3-6-30-7-5-25-10-30/h5,7-10H,3-4,6H2,1-2H3,(H,29,31)(H,26,27,28). The number of nitrogens with zero attached hydrogens (tertiary/aromatic N) is 4. The average Bonchev–Trinajstić information content (AvgIpc) is 3.50. The van der Waals surface area contributed by atoms with Crippen LogP contribution < -0.4 is 20.1 Å². The number of ether oxygens (including phenoxy) is 2.